The first-order valence-corrected chi connectivity index (χ1v) is 7.60. The van der Waals surface area contributed by atoms with Gasteiger partial charge in [-0.1, -0.05) is 27.7 Å². The molecule has 4 bridgehead atoms. The van der Waals surface area contributed by atoms with Gasteiger partial charge in [-0.3, -0.25) is 4.79 Å². The van der Waals surface area contributed by atoms with Gasteiger partial charge >= 0.3 is 5.97 Å². The van der Waals surface area contributed by atoms with E-state index < -0.39 is 11.2 Å². The molecular formula is C16H26O3. The van der Waals surface area contributed by atoms with Gasteiger partial charge in [0, 0.05) is 0 Å². The predicted molar refractivity (Wildman–Crippen MR) is 72.5 cm³/mol. The lowest BCUT2D eigenvalue weighted by Gasteiger charge is -2.38. The fourth-order valence-corrected chi connectivity index (χ4v) is 4.57. The molecule has 0 aromatic rings. The maximum Gasteiger partial charge on any atom is 0.309 e. The maximum absolute atomic E-state index is 12.4. The molecule has 1 N–H and O–H groups in total. The first kappa shape index (κ1) is 13.4. The van der Waals surface area contributed by atoms with E-state index in [-0.39, 0.29) is 17.3 Å². The quantitative estimate of drug-likeness (QED) is 0.782. The van der Waals surface area contributed by atoms with Crippen molar-refractivity contribution >= 4 is 5.97 Å². The summed E-state index contributed by atoms with van der Waals surface area (Å²) in [5, 5.41) is 10.8. The summed E-state index contributed by atoms with van der Waals surface area (Å²) in [4.78, 5) is 12.4. The molecule has 0 saturated heterocycles. The molecule has 0 aromatic carbocycles. The molecular weight excluding hydrogens is 240 g/mol. The van der Waals surface area contributed by atoms with Crippen molar-refractivity contribution in [2.24, 2.45) is 23.2 Å². The van der Waals surface area contributed by atoms with Crippen molar-refractivity contribution in [3.8, 4) is 0 Å². The van der Waals surface area contributed by atoms with E-state index in [2.05, 4.69) is 20.8 Å². The third-order valence-corrected chi connectivity index (χ3v) is 5.95. The van der Waals surface area contributed by atoms with E-state index in [4.69, 9.17) is 4.74 Å². The van der Waals surface area contributed by atoms with Crippen molar-refractivity contribution in [3.63, 3.8) is 0 Å². The van der Waals surface area contributed by atoms with Gasteiger partial charge in [0.2, 0.25) is 0 Å². The number of hydrogen-bond donors (Lipinski definition) is 1. The largest absolute Gasteiger partial charge is 0.456 e. The molecule has 3 atom stereocenters. The van der Waals surface area contributed by atoms with Crippen LogP contribution in [0.25, 0.3) is 0 Å². The van der Waals surface area contributed by atoms with Gasteiger partial charge in [0.05, 0.1) is 5.92 Å². The summed E-state index contributed by atoms with van der Waals surface area (Å²) in [6.45, 7) is 8.11. The summed E-state index contributed by atoms with van der Waals surface area (Å²) in [5.41, 5.74) is -1.38. The van der Waals surface area contributed by atoms with Crippen LogP contribution in [0.1, 0.15) is 59.8 Å². The number of esters is 1. The molecule has 4 aliphatic carbocycles. The third-order valence-electron chi connectivity index (χ3n) is 5.95. The molecule has 19 heavy (non-hydrogen) atoms. The Morgan fingerprint density at radius 1 is 1.21 bits per heavy atom. The maximum atomic E-state index is 12.4. The highest BCUT2D eigenvalue weighted by Crippen LogP contribution is 2.64. The summed E-state index contributed by atoms with van der Waals surface area (Å²) in [5.74, 6) is 0.864. The Kier molecular flexibility index (Phi) is 2.65. The summed E-state index contributed by atoms with van der Waals surface area (Å²) in [6.07, 6.45) is 4.64. The van der Waals surface area contributed by atoms with E-state index >= 15 is 0 Å². The topological polar surface area (TPSA) is 46.5 Å². The molecule has 3 unspecified atom stereocenters. The lowest BCUT2D eigenvalue weighted by atomic mass is 9.80. The number of hydrogen-bond acceptors (Lipinski definition) is 3. The third kappa shape index (κ3) is 1.84. The van der Waals surface area contributed by atoms with Crippen LogP contribution in [0.15, 0.2) is 0 Å². The lowest BCUT2D eigenvalue weighted by molar-refractivity contribution is -0.188. The molecule has 108 valence electrons. The number of carbonyl (C=O) groups is 1. The van der Waals surface area contributed by atoms with Crippen molar-refractivity contribution in [3.05, 3.63) is 0 Å². The minimum absolute atomic E-state index is 0.0913. The van der Waals surface area contributed by atoms with Crippen LogP contribution in [0.4, 0.5) is 0 Å². The van der Waals surface area contributed by atoms with Crippen molar-refractivity contribution in [1.29, 1.82) is 0 Å². The van der Waals surface area contributed by atoms with Crippen LogP contribution < -0.4 is 0 Å². The zero-order valence-electron chi connectivity index (χ0n) is 12.5. The lowest BCUT2D eigenvalue weighted by Crippen LogP contribution is -2.50. The van der Waals surface area contributed by atoms with Gasteiger partial charge in [-0.2, -0.15) is 0 Å². The van der Waals surface area contributed by atoms with E-state index in [0.29, 0.717) is 11.8 Å². The van der Waals surface area contributed by atoms with Crippen molar-refractivity contribution < 1.29 is 14.6 Å². The van der Waals surface area contributed by atoms with Gasteiger partial charge in [-0.05, 0) is 49.4 Å². The normalized spacial score (nSPS) is 45.5. The van der Waals surface area contributed by atoms with Crippen LogP contribution in [0.3, 0.4) is 0 Å². The first-order chi connectivity index (χ1) is 8.65. The first-order valence-electron chi connectivity index (χ1n) is 7.60. The minimum atomic E-state index is -0.728. The second kappa shape index (κ2) is 3.75. The van der Waals surface area contributed by atoms with E-state index in [9.17, 15) is 9.90 Å². The van der Waals surface area contributed by atoms with Crippen LogP contribution in [0.5, 0.6) is 0 Å². The van der Waals surface area contributed by atoms with Crippen LogP contribution >= 0.6 is 0 Å². The SMILES string of the molecule is CC(C(=O)OC12CC3CC(CC1(O)C3)C2)C(C)(C)C. The Balaban J connectivity index is 1.79. The Hall–Kier alpha value is -0.570. The Labute approximate surface area is 115 Å². The molecule has 0 heterocycles. The Morgan fingerprint density at radius 2 is 1.74 bits per heavy atom. The molecule has 0 aromatic heterocycles. The smallest absolute Gasteiger partial charge is 0.309 e. The molecule has 4 aliphatic rings. The summed E-state index contributed by atoms with van der Waals surface area (Å²) in [7, 11) is 0. The molecule has 0 radical (unpaired) electrons. The van der Waals surface area contributed by atoms with Crippen molar-refractivity contribution in [1.82, 2.24) is 0 Å². The van der Waals surface area contributed by atoms with Gasteiger partial charge in [-0.25, -0.2) is 0 Å². The number of aliphatic hydroxyl groups is 1. The minimum Gasteiger partial charge on any atom is -0.456 e. The van der Waals surface area contributed by atoms with Gasteiger partial charge in [0.25, 0.3) is 0 Å². The number of rotatable bonds is 2. The van der Waals surface area contributed by atoms with Crippen LogP contribution in [-0.4, -0.2) is 22.3 Å². The average Bonchev–Trinajstić information content (AvgIpc) is 2.53. The standard InChI is InChI=1S/C16H26O3/c1-10(14(2,3)4)13(17)19-16-8-11-5-12(9-16)7-15(16,18)6-11/h10-12,18H,5-9H2,1-4H3. The molecule has 3 nitrogen and oxygen atoms in total. The average molecular weight is 266 g/mol. The van der Waals surface area contributed by atoms with Crippen LogP contribution in [0, 0.1) is 23.2 Å². The summed E-state index contributed by atoms with van der Waals surface area (Å²) >= 11 is 0. The fourth-order valence-electron chi connectivity index (χ4n) is 4.57. The zero-order valence-corrected chi connectivity index (χ0v) is 12.5. The molecule has 4 fully saturated rings. The molecule has 3 heteroatoms. The van der Waals surface area contributed by atoms with Crippen molar-refractivity contribution in [2.45, 2.75) is 71.0 Å². The second-order valence-corrected chi connectivity index (χ2v) is 8.32. The highest BCUT2D eigenvalue weighted by Gasteiger charge is 2.69. The van der Waals surface area contributed by atoms with Gasteiger partial charge in [-0.15, -0.1) is 0 Å². The number of ether oxygens (including phenoxy) is 1. The molecule has 0 amide bonds. The predicted octanol–water partition coefficient (Wildman–Crippen LogP) is 2.91. The Bertz CT molecular complexity index is 393. The highest BCUT2D eigenvalue weighted by atomic mass is 16.6. The van der Waals surface area contributed by atoms with E-state index in [0.717, 1.165) is 25.7 Å². The van der Waals surface area contributed by atoms with Gasteiger partial charge in [0.15, 0.2) is 0 Å². The molecule has 4 rings (SSSR count). The Morgan fingerprint density at radius 3 is 2.21 bits per heavy atom. The van der Waals surface area contributed by atoms with E-state index in [1.165, 1.54) is 6.42 Å². The monoisotopic (exact) mass is 266 g/mol. The summed E-state index contributed by atoms with van der Waals surface area (Å²) in [6, 6.07) is 0. The molecule has 0 aliphatic heterocycles. The number of carbonyl (C=O) groups excluding carboxylic acids is 1. The second-order valence-electron chi connectivity index (χ2n) is 8.32. The van der Waals surface area contributed by atoms with E-state index in [1.54, 1.807) is 0 Å². The van der Waals surface area contributed by atoms with Crippen LogP contribution in [-0.2, 0) is 9.53 Å². The fraction of sp³-hybridized carbons (Fsp3) is 0.938. The zero-order chi connectivity index (χ0) is 14.1. The summed E-state index contributed by atoms with van der Waals surface area (Å²) < 4.78 is 5.93. The van der Waals surface area contributed by atoms with Gasteiger partial charge < -0.3 is 9.84 Å². The molecule has 4 saturated carbocycles. The van der Waals surface area contributed by atoms with Crippen molar-refractivity contribution in [2.75, 3.05) is 0 Å². The van der Waals surface area contributed by atoms with E-state index in [1.807, 2.05) is 6.92 Å². The highest BCUT2D eigenvalue weighted by molar-refractivity contribution is 5.73. The molecule has 0 spiro atoms. The van der Waals surface area contributed by atoms with Gasteiger partial charge in [0.1, 0.15) is 11.2 Å². The van der Waals surface area contributed by atoms with Crippen LogP contribution in [0.2, 0.25) is 0 Å².